The first-order valence-electron chi connectivity index (χ1n) is 9.75. The molecule has 0 fully saturated rings. The summed E-state index contributed by atoms with van der Waals surface area (Å²) < 4.78 is 0. The van der Waals surface area contributed by atoms with Crippen LogP contribution in [0.5, 0.6) is 0 Å². The van der Waals surface area contributed by atoms with Gasteiger partial charge < -0.3 is 15.0 Å². The average Bonchev–Trinajstić information content (AvgIpc) is 3.12. The number of carboxylic acid groups (broad SMARTS) is 1. The fourth-order valence-electron chi connectivity index (χ4n) is 3.70. The van der Waals surface area contributed by atoms with Gasteiger partial charge in [0, 0.05) is 23.0 Å². The van der Waals surface area contributed by atoms with Crippen LogP contribution >= 0.6 is 0 Å². The summed E-state index contributed by atoms with van der Waals surface area (Å²) in [5, 5.41) is 10.4. The molecule has 0 aliphatic carbocycles. The highest BCUT2D eigenvalue weighted by Crippen LogP contribution is 2.34. The highest BCUT2D eigenvalue weighted by Gasteiger charge is 2.25. The number of hydrogen-bond donors (Lipinski definition) is 2. The van der Waals surface area contributed by atoms with Gasteiger partial charge in [-0.05, 0) is 30.2 Å². The van der Waals surface area contributed by atoms with Crippen molar-refractivity contribution in [3.63, 3.8) is 0 Å². The van der Waals surface area contributed by atoms with Crippen LogP contribution in [0.4, 0.5) is 0 Å². The fraction of sp³-hybridized carbons (Fsp3) is 0.120. The maximum Gasteiger partial charge on any atom is 0.323 e. The molecule has 1 amide bonds. The number of carbonyl (C=O) groups excluding carboxylic acids is 1. The van der Waals surface area contributed by atoms with Gasteiger partial charge in [-0.1, -0.05) is 72.3 Å². The quantitative estimate of drug-likeness (QED) is 0.487. The standard InChI is InChI=1S/C25H22N2O3/c1-17-12-13-21-20(14-17)23(19-10-6-3-7-11-19)24(26-21)25(30)27(16-22(28)29)15-18-8-4-2-5-9-18/h2-14,26H,15-16H2,1H3,(H,28,29). The van der Waals surface area contributed by atoms with Gasteiger partial charge in [-0.2, -0.15) is 0 Å². The number of carbonyl (C=O) groups is 2. The Morgan fingerprint density at radius 1 is 0.933 bits per heavy atom. The summed E-state index contributed by atoms with van der Waals surface area (Å²) in [6.07, 6.45) is 0. The van der Waals surface area contributed by atoms with Crippen molar-refractivity contribution in [2.24, 2.45) is 0 Å². The molecule has 0 saturated heterocycles. The van der Waals surface area contributed by atoms with E-state index in [2.05, 4.69) is 4.98 Å². The molecule has 5 heteroatoms. The van der Waals surface area contributed by atoms with Crippen LogP contribution in [0.2, 0.25) is 0 Å². The Balaban J connectivity index is 1.83. The summed E-state index contributed by atoms with van der Waals surface area (Å²) in [7, 11) is 0. The van der Waals surface area contributed by atoms with Crippen LogP contribution in [0.15, 0.2) is 78.9 Å². The average molecular weight is 398 g/mol. The third-order valence-electron chi connectivity index (χ3n) is 5.06. The maximum absolute atomic E-state index is 13.6. The molecule has 5 nitrogen and oxygen atoms in total. The predicted octanol–water partition coefficient (Wildman–Crippen LogP) is 4.87. The highest BCUT2D eigenvalue weighted by atomic mass is 16.4. The molecule has 0 saturated carbocycles. The van der Waals surface area contributed by atoms with E-state index in [1.165, 1.54) is 4.90 Å². The monoisotopic (exact) mass is 398 g/mol. The lowest BCUT2D eigenvalue weighted by molar-refractivity contribution is -0.137. The lowest BCUT2D eigenvalue weighted by Crippen LogP contribution is -2.35. The zero-order chi connectivity index (χ0) is 21.1. The highest BCUT2D eigenvalue weighted by molar-refractivity contribution is 6.10. The fourth-order valence-corrected chi connectivity index (χ4v) is 3.70. The molecule has 3 aromatic carbocycles. The first-order valence-corrected chi connectivity index (χ1v) is 9.75. The van der Waals surface area contributed by atoms with Crippen LogP contribution in [0.25, 0.3) is 22.0 Å². The van der Waals surface area contributed by atoms with Crippen molar-refractivity contribution in [3.8, 4) is 11.1 Å². The van der Waals surface area contributed by atoms with Gasteiger partial charge in [-0.15, -0.1) is 0 Å². The Hall–Kier alpha value is -3.86. The number of H-pyrrole nitrogens is 1. The second-order valence-corrected chi connectivity index (χ2v) is 7.33. The van der Waals surface area contributed by atoms with Crippen molar-refractivity contribution in [2.75, 3.05) is 6.54 Å². The lowest BCUT2D eigenvalue weighted by atomic mass is 10.00. The minimum Gasteiger partial charge on any atom is -0.480 e. The number of carboxylic acids is 1. The number of aromatic amines is 1. The number of benzene rings is 3. The Labute approximate surface area is 174 Å². The largest absolute Gasteiger partial charge is 0.480 e. The number of nitrogens with one attached hydrogen (secondary N) is 1. The van der Waals surface area contributed by atoms with E-state index in [0.717, 1.165) is 33.2 Å². The van der Waals surface area contributed by atoms with Gasteiger partial charge in [-0.25, -0.2) is 0 Å². The smallest absolute Gasteiger partial charge is 0.323 e. The van der Waals surface area contributed by atoms with Crippen molar-refractivity contribution in [3.05, 3.63) is 95.7 Å². The molecule has 0 aliphatic rings. The van der Waals surface area contributed by atoms with E-state index < -0.39 is 5.97 Å². The van der Waals surface area contributed by atoms with Crippen LogP contribution in [-0.2, 0) is 11.3 Å². The molecule has 2 N–H and O–H groups in total. The number of rotatable bonds is 6. The first kappa shape index (κ1) is 19.5. The molecule has 4 aromatic rings. The van der Waals surface area contributed by atoms with Crippen molar-refractivity contribution in [1.29, 1.82) is 0 Å². The van der Waals surface area contributed by atoms with Gasteiger partial charge in [0.2, 0.25) is 0 Å². The molecular weight excluding hydrogens is 376 g/mol. The Morgan fingerprint density at radius 2 is 1.60 bits per heavy atom. The predicted molar refractivity (Wildman–Crippen MR) is 117 cm³/mol. The molecule has 1 heterocycles. The SMILES string of the molecule is Cc1ccc2[nH]c(C(=O)N(CC(=O)O)Cc3ccccc3)c(-c3ccccc3)c2c1. The molecule has 1 aromatic heterocycles. The second kappa shape index (κ2) is 8.25. The Morgan fingerprint density at radius 3 is 2.27 bits per heavy atom. The second-order valence-electron chi connectivity index (χ2n) is 7.33. The van der Waals surface area contributed by atoms with E-state index in [4.69, 9.17) is 0 Å². The maximum atomic E-state index is 13.6. The summed E-state index contributed by atoms with van der Waals surface area (Å²) in [6.45, 7) is 1.85. The molecule has 0 spiro atoms. The van der Waals surface area contributed by atoms with Crippen LogP contribution < -0.4 is 0 Å². The van der Waals surface area contributed by atoms with Gasteiger partial charge >= 0.3 is 5.97 Å². The molecule has 0 aliphatic heterocycles. The molecule has 150 valence electrons. The minimum atomic E-state index is -1.05. The Bertz CT molecular complexity index is 1200. The molecule has 0 unspecified atom stereocenters. The van der Waals surface area contributed by atoms with E-state index in [1.807, 2.05) is 85.8 Å². The number of hydrogen-bond acceptors (Lipinski definition) is 2. The van der Waals surface area contributed by atoms with E-state index in [9.17, 15) is 14.7 Å². The van der Waals surface area contributed by atoms with Crippen LogP contribution in [-0.4, -0.2) is 33.4 Å². The van der Waals surface area contributed by atoms with Gasteiger partial charge in [0.25, 0.3) is 5.91 Å². The van der Waals surface area contributed by atoms with Gasteiger partial charge in [-0.3, -0.25) is 9.59 Å². The first-order chi connectivity index (χ1) is 14.5. The zero-order valence-electron chi connectivity index (χ0n) is 16.6. The van der Waals surface area contributed by atoms with Crippen LogP contribution in [0.1, 0.15) is 21.6 Å². The van der Waals surface area contributed by atoms with Crippen LogP contribution in [0, 0.1) is 6.92 Å². The number of aryl methyl sites for hydroxylation is 1. The number of aromatic nitrogens is 1. The molecule has 0 bridgehead atoms. The zero-order valence-corrected chi connectivity index (χ0v) is 16.6. The van der Waals surface area contributed by atoms with Gasteiger partial charge in [0.15, 0.2) is 0 Å². The summed E-state index contributed by atoms with van der Waals surface area (Å²) in [5.74, 6) is -1.39. The van der Waals surface area contributed by atoms with E-state index in [-0.39, 0.29) is 19.0 Å². The van der Waals surface area contributed by atoms with Crippen molar-refractivity contribution < 1.29 is 14.7 Å². The third kappa shape index (κ3) is 3.96. The molecule has 30 heavy (non-hydrogen) atoms. The minimum absolute atomic E-state index is 0.217. The summed E-state index contributed by atoms with van der Waals surface area (Å²) in [5.41, 5.74) is 4.91. The summed E-state index contributed by atoms with van der Waals surface area (Å²) in [4.78, 5) is 29.7. The van der Waals surface area contributed by atoms with Crippen molar-refractivity contribution in [1.82, 2.24) is 9.88 Å². The number of amides is 1. The van der Waals surface area contributed by atoms with Gasteiger partial charge in [0.1, 0.15) is 12.2 Å². The number of aliphatic carboxylic acids is 1. The lowest BCUT2D eigenvalue weighted by Gasteiger charge is -2.21. The van der Waals surface area contributed by atoms with Crippen LogP contribution in [0.3, 0.4) is 0 Å². The molecule has 0 radical (unpaired) electrons. The van der Waals surface area contributed by atoms with E-state index in [0.29, 0.717) is 5.69 Å². The Kier molecular flexibility index (Phi) is 5.35. The number of nitrogens with zero attached hydrogens (tertiary/aromatic N) is 1. The topological polar surface area (TPSA) is 73.4 Å². The number of fused-ring (bicyclic) bond motifs is 1. The van der Waals surface area contributed by atoms with Crippen molar-refractivity contribution in [2.45, 2.75) is 13.5 Å². The molecule has 4 rings (SSSR count). The summed E-state index contributed by atoms with van der Waals surface area (Å²) in [6, 6.07) is 25.1. The third-order valence-corrected chi connectivity index (χ3v) is 5.06. The van der Waals surface area contributed by atoms with Gasteiger partial charge in [0.05, 0.1) is 0 Å². The van der Waals surface area contributed by atoms with Crippen molar-refractivity contribution >= 4 is 22.8 Å². The molecule has 0 atom stereocenters. The summed E-state index contributed by atoms with van der Waals surface area (Å²) >= 11 is 0. The molecular formula is C25H22N2O3. The van der Waals surface area contributed by atoms with E-state index in [1.54, 1.807) is 0 Å². The van der Waals surface area contributed by atoms with E-state index >= 15 is 0 Å². The normalized spacial score (nSPS) is 10.8.